The molecule has 2 fully saturated rings. The first kappa shape index (κ1) is 50.7. The molecule has 0 saturated carbocycles. The van der Waals surface area contributed by atoms with Crippen LogP contribution in [0.2, 0.25) is 0 Å². The number of hydrogen-bond acceptors (Lipinski definition) is 18. The number of benzene rings is 5. The van der Waals surface area contributed by atoms with E-state index in [0.717, 1.165) is 55.9 Å². The van der Waals surface area contributed by atoms with Crippen molar-refractivity contribution in [3.8, 4) is 34.5 Å². The Kier molecular flexibility index (Phi) is 15.0. The van der Waals surface area contributed by atoms with Gasteiger partial charge in [-0.1, -0.05) is 0 Å². The maximum Gasteiger partial charge on any atom is 0.269 e. The highest BCUT2D eigenvalue weighted by molar-refractivity contribution is 7.93. The van der Waals surface area contributed by atoms with E-state index >= 15 is 8.78 Å². The SMILES string of the molecule is COc1ccc(CN(c2ncns2)S(=O)(=O)c2cc(F)c(Oc3cc(C)cc(N4CC(O)C4)c3)cc2F)c(OC)c1.Cc1cc(Oc2cc(F)c(S(=O)(=O)Cc3ncns3)cc2F)cc(N2CC(O)C2)c1. The van der Waals surface area contributed by atoms with Gasteiger partial charge in [-0.2, -0.15) is 8.75 Å². The van der Waals surface area contributed by atoms with Crippen molar-refractivity contribution in [2.24, 2.45) is 0 Å². The summed E-state index contributed by atoms with van der Waals surface area (Å²) in [5.74, 6) is -4.57. The molecule has 2 aliphatic rings. The number of β-amino-alcohol motifs (C(OH)–C–C–N with tert-alkyl or cyclic N) is 2. The van der Waals surface area contributed by atoms with Crippen LogP contribution in [0.15, 0.2) is 101 Å². The Morgan fingerprint density at radius 3 is 1.66 bits per heavy atom. The summed E-state index contributed by atoms with van der Waals surface area (Å²) in [4.78, 5) is 9.94. The lowest BCUT2D eigenvalue weighted by Crippen LogP contribution is -2.50. The molecule has 2 aliphatic heterocycles. The number of sulfone groups is 1. The molecule has 9 rings (SSSR count). The van der Waals surface area contributed by atoms with Gasteiger partial charge in [0.25, 0.3) is 10.0 Å². The number of aromatic nitrogens is 4. The first-order valence-corrected chi connectivity index (χ1v) is 25.9. The van der Waals surface area contributed by atoms with Crippen LogP contribution in [0.3, 0.4) is 0 Å². The Morgan fingerprint density at radius 1 is 0.634 bits per heavy atom. The van der Waals surface area contributed by atoms with E-state index in [0.29, 0.717) is 61.4 Å². The monoisotopic (exact) mass is 1060 g/mol. The summed E-state index contributed by atoms with van der Waals surface area (Å²) in [6.45, 7) is 5.20. The highest BCUT2D eigenvalue weighted by Crippen LogP contribution is 2.38. The second-order valence-corrected chi connectivity index (χ2v) is 21.7. The average Bonchev–Trinajstić information content (AvgIpc) is 4.03. The van der Waals surface area contributed by atoms with Crippen molar-refractivity contribution in [3.05, 3.63) is 136 Å². The third kappa shape index (κ3) is 11.6. The molecule has 2 aromatic heterocycles. The summed E-state index contributed by atoms with van der Waals surface area (Å²) in [5.41, 5.74) is 3.61. The first-order valence-electron chi connectivity index (χ1n) is 21.2. The molecule has 4 heterocycles. The van der Waals surface area contributed by atoms with Crippen molar-refractivity contribution in [1.82, 2.24) is 18.7 Å². The van der Waals surface area contributed by atoms with Crippen molar-refractivity contribution >= 4 is 59.4 Å². The minimum Gasteiger partial charge on any atom is -0.497 e. The van der Waals surface area contributed by atoms with Gasteiger partial charge in [-0.25, -0.2) is 48.7 Å². The number of methoxy groups -OCH3 is 2. The van der Waals surface area contributed by atoms with Crippen LogP contribution in [0.25, 0.3) is 0 Å². The molecule has 7 aromatic rings. The van der Waals surface area contributed by atoms with E-state index in [1.165, 1.54) is 26.9 Å². The molecule has 17 nitrogen and oxygen atoms in total. The average molecular weight is 1060 g/mol. The van der Waals surface area contributed by atoms with Crippen molar-refractivity contribution in [2.75, 3.05) is 54.5 Å². The van der Waals surface area contributed by atoms with Crippen LogP contribution in [-0.4, -0.2) is 98.4 Å². The smallest absolute Gasteiger partial charge is 0.269 e. The number of ether oxygens (including phenoxy) is 4. The lowest BCUT2D eigenvalue weighted by Gasteiger charge is -2.38. The zero-order chi connectivity index (χ0) is 50.8. The number of rotatable bonds is 16. The molecule has 0 amide bonds. The molecule has 374 valence electrons. The quantitative estimate of drug-likeness (QED) is 0.0895. The summed E-state index contributed by atoms with van der Waals surface area (Å²) < 4.78 is 142. The van der Waals surface area contributed by atoms with Gasteiger partial charge in [0.1, 0.15) is 67.8 Å². The van der Waals surface area contributed by atoms with Crippen molar-refractivity contribution in [1.29, 1.82) is 0 Å². The Morgan fingerprint density at radius 2 is 1.17 bits per heavy atom. The molecule has 0 unspecified atom stereocenters. The summed E-state index contributed by atoms with van der Waals surface area (Å²) in [5, 5.41) is 19.2. The van der Waals surface area contributed by atoms with Gasteiger partial charge in [0, 0.05) is 91.0 Å². The van der Waals surface area contributed by atoms with Gasteiger partial charge < -0.3 is 39.0 Å². The van der Waals surface area contributed by atoms with E-state index in [1.54, 1.807) is 42.5 Å². The molecule has 0 radical (unpaired) electrons. The summed E-state index contributed by atoms with van der Waals surface area (Å²) in [7, 11) is -5.93. The lowest BCUT2D eigenvalue weighted by atomic mass is 10.1. The molecule has 0 aliphatic carbocycles. The molecule has 0 atom stereocenters. The van der Waals surface area contributed by atoms with Crippen molar-refractivity contribution in [3.63, 3.8) is 0 Å². The second kappa shape index (κ2) is 21.0. The van der Waals surface area contributed by atoms with Crippen LogP contribution in [0.5, 0.6) is 34.5 Å². The topological polar surface area (TPSA) is 207 Å². The van der Waals surface area contributed by atoms with Gasteiger partial charge in [0.2, 0.25) is 5.13 Å². The fourth-order valence-corrected chi connectivity index (χ4v) is 11.8. The van der Waals surface area contributed by atoms with Gasteiger partial charge in [0.05, 0.1) is 33.0 Å². The van der Waals surface area contributed by atoms with E-state index in [-0.39, 0.29) is 28.2 Å². The fourth-order valence-electron chi connectivity index (χ4n) is 7.43. The molecule has 2 saturated heterocycles. The van der Waals surface area contributed by atoms with Gasteiger partial charge in [-0.05, 0) is 79.0 Å². The van der Waals surface area contributed by atoms with E-state index in [2.05, 4.69) is 18.7 Å². The Bertz CT molecular complexity index is 3270. The van der Waals surface area contributed by atoms with E-state index in [9.17, 15) is 35.8 Å². The Hall–Kier alpha value is -6.64. The Balaban J connectivity index is 0.000000200. The van der Waals surface area contributed by atoms with Gasteiger partial charge >= 0.3 is 0 Å². The number of sulfonamides is 1. The van der Waals surface area contributed by atoms with Crippen LogP contribution in [0.4, 0.5) is 34.1 Å². The number of halogens is 4. The highest BCUT2D eigenvalue weighted by Gasteiger charge is 2.33. The van der Waals surface area contributed by atoms with Crippen LogP contribution >= 0.6 is 23.1 Å². The third-order valence-corrected chi connectivity index (χ3v) is 16.0. The number of aliphatic hydroxyl groups is 2. The number of hydrogen-bond donors (Lipinski definition) is 2. The number of aliphatic hydroxyl groups excluding tert-OH is 2. The zero-order valence-electron chi connectivity index (χ0n) is 38.0. The predicted molar refractivity (Wildman–Crippen MR) is 255 cm³/mol. The second-order valence-electron chi connectivity index (χ2n) is 16.3. The molecule has 2 N–H and O–H groups in total. The normalized spacial score (nSPS) is 14.0. The van der Waals surface area contributed by atoms with Gasteiger partial charge in [-0.15, -0.1) is 0 Å². The maximum atomic E-state index is 15.4. The van der Waals surface area contributed by atoms with E-state index in [1.807, 2.05) is 35.8 Å². The van der Waals surface area contributed by atoms with Gasteiger partial charge in [0.15, 0.2) is 33.0 Å². The third-order valence-electron chi connectivity index (χ3n) is 10.9. The van der Waals surface area contributed by atoms with Crippen LogP contribution in [-0.2, 0) is 32.2 Å². The maximum absolute atomic E-state index is 15.4. The van der Waals surface area contributed by atoms with Crippen LogP contribution < -0.4 is 33.1 Å². The summed E-state index contributed by atoms with van der Waals surface area (Å²) in [6.07, 6.45) is 1.54. The molecule has 0 bridgehead atoms. The first-order chi connectivity index (χ1) is 33.8. The van der Waals surface area contributed by atoms with Crippen LogP contribution in [0.1, 0.15) is 21.7 Å². The minimum absolute atomic E-state index is 0.0496. The highest BCUT2D eigenvalue weighted by atomic mass is 32.2. The predicted octanol–water partition coefficient (Wildman–Crippen LogP) is 7.58. The molecular formula is C46H43F4N7O10S4. The Labute approximate surface area is 413 Å². The van der Waals surface area contributed by atoms with Crippen molar-refractivity contribution in [2.45, 2.75) is 48.1 Å². The summed E-state index contributed by atoms with van der Waals surface area (Å²) >= 11 is 1.65. The number of aryl methyl sites for hydroxylation is 2. The molecule has 25 heteroatoms. The molecule has 0 spiro atoms. The van der Waals surface area contributed by atoms with E-state index < -0.39 is 82.4 Å². The molecular weight excluding hydrogens is 1010 g/mol. The molecule has 5 aromatic carbocycles. The number of anilines is 3. The van der Waals surface area contributed by atoms with Crippen LogP contribution in [0, 0.1) is 37.1 Å². The summed E-state index contributed by atoms with van der Waals surface area (Å²) in [6, 6.07) is 17.8. The standard InChI is InChI=1S/C27H26F2N4O6S2.C19H17F2N3O4S2/c1-16-6-18(32-13-19(34)14-32)8-21(7-16)39-25-10-23(29)26(11-22(25)28)41(35,36)33(27-30-15-31-40-27)12-17-4-5-20(37-2)9-24(17)38-3;1-11-2-12(24-7-13(25)8-24)4-14(3-11)28-17-5-16(21)18(6-15(17)20)30(26,27)9-19-22-10-23-29-19/h4-11,15,19,34H,12-14H2,1-3H3;2-6,10,13,25H,7-9H2,1H3. The molecule has 71 heavy (non-hydrogen) atoms. The van der Waals surface area contributed by atoms with Gasteiger partial charge in [-0.3, -0.25) is 0 Å². The zero-order valence-corrected chi connectivity index (χ0v) is 41.3. The largest absolute Gasteiger partial charge is 0.497 e. The van der Waals surface area contributed by atoms with E-state index in [4.69, 9.17) is 18.9 Å². The van der Waals surface area contributed by atoms with Crippen molar-refractivity contribution < 1.29 is 63.6 Å². The minimum atomic E-state index is -4.68. The number of nitrogens with zero attached hydrogens (tertiary/aromatic N) is 7. The fraction of sp³-hybridized carbons (Fsp3) is 0.261. The lowest BCUT2D eigenvalue weighted by molar-refractivity contribution is 0.141.